The zero-order valence-corrected chi connectivity index (χ0v) is 18.3. The van der Waals surface area contributed by atoms with Crippen LogP contribution < -0.4 is 4.90 Å². The molecule has 2 aromatic heterocycles. The summed E-state index contributed by atoms with van der Waals surface area (Å²) in [6.07, 6.45) is 1.94. The van der Waals surface area contributed by atoms with Gasteiger partial charge in [0.25, 0.3) is 6.41 Å². The smallest absolute Gasteiger partial charge is 0.434 e. The first kappa shape index (κ1) is 24.1. The first-order valence-electron chi connectivity index (χ1n) is 10.1. The summed E-state index contributed by atoms with van der Waals surface area (Å²) in [5.74, 6) is 0.459. The molecule has 0 saturated carbocycles. The third-order valence-electron chi connectivity index (χ3n) is 3.74. The van der Waals surface area contributed by atoms with E-state index in [1.54, 1.807) is 25.2 Å². The van der Waals surface area contributed by atoms with Crippen LogP contribution in [0.5, 0.6) is 0 Å². The number of hydrogen-bond acceptors (Lipinski definition) is 11. The van der Waals surface area contributed by atoms with Crippen molar-refractivity contribution in [3.63, 3.8) is 0 Å². The van der Waals surface area contributed by atoms with Gasteiger partial charge in [0.2, 0.25) is 5.95 Å². The molecule has 2 rings (SSSR count). The van der Waals surface area contributed by atoms with E-state index in [-0.39, 0.29) is 19.8 Å². The highest BCUT2D eigenvalue weighted by atomic mass is 16.8. The van der Waals surface area contributed by atoms with Crippen LogP contribution in [0.4, 0.5) is 15.5 Å². The van der Waals surface area contributed by atoms with Crippen molar-refractivity contribution in [3.8, 4) is 0 Å². The molecule has 172 valence electrons. The minimum Gasteiger partial charge on any atom is -0.434 e. The van der Waals surface area contributed by atoms with Gasteiger partial charge in [0.1, 0.15) is 11.8 Å². The van der Waals surface area contributed by atoms with E-state index in [1.165, 1.54) is 10.9 Å². The number of hydrogen-bond donors (Lipinski definition) is 0. The number of ether oxygens (including phenoxy) is 5. The Hall–Kier alpha value is -3.15. The minimum atomic E-state index is -1.17. The molecule has 0 fully saturated rings. The van der Waals surface area contributed by atoms with Crippen molar-refractivity contribution in [1.29, 1.82) is 0 Å². The quantitative estimate of drug-likeness (QED) is 0.275. The molecular formula is C19H29N5O7. The lowest BCUT2D eigenvalue weighted by molar-refractivity contribution is -0.168. The molecule has 0 aliphatic carbocycles. The highest BCUT2D eigenvalue weighted by Crippen LogP contribution is 2.20. The average Bonchev–Trinajstić information content (AvgIpc) is 3.18. The third-order valence-corrected chi connectivity index (χ3v) is 3.74. The van der Waals surface area contributed by atoms with Crippen molar-refractivity contribution in [2.75, 3.05) is 45.4 Å². The maximum atomic E-state index is 12.0. The van der Waals surface area contributed by atoms with Crippen LogP contribution in [0.3, 0.4) is 0 Å². The molecule has 0 spiro atoms. The van der Waals surface area contributed by atoms with E-state index >= 15 is 0 Å². The second-order valence-electron chi connectivity index (χ2n) is 6.62. The van der Waals surface area contributed by atoms with Crippen molar-refractivity contribution in [2.45, 2.75) is 39.5 Å². The molecule has 31 heavy (non-hydrogen) atoms. The fourth-order valence-corrected chi connectivity index (χ4v) is 2.29. The molecule has 12 heteroatoms. The molecule has 2 heterocycles. The lowest BCUT2D eigenvalue weighted by Gasteiger charge is -2.19. The van der Waals surface area contributed by atoms with E-state index in [4.69, 9.17) is 23.7 Å². The summed E-state index contributed by atoms with van der Waals surface area (Å²) >= 11 is 0. The molecule has 0 amide bonds. The van der Waals surface area contributed by atoms with E-state index in [2.05, 4.69) is 15.0 Å². The van der Waals surface area contributed by atoms with Gasteiger partial charge in [-0.15, -0.1) is 0 Å². The Labute approximate surface area is 180 Å². The molecule has 2 aromatic rings. The van der Waals surface area contributed by atoms with Crippen molar-refractivity contribution in [2.24, 2.45) is 0 Å². The Bertz CT molecular complexity index is 842. The van der Waals surface area contributed by atoms with Crippen LogP contribution in [-0.4, -0.2) is 72.4 Å². The van der Waals surface area contributed by atoms with Crippen molar-refractivity contribution in [1.82, 2.24) is 19.5 Å². The van der Waals surface area contributed by atoms with Gasteiger partial charge in [-0.25, -0.2) is 19.6 Å². The van der Waals surface area contributed by atoms with Gasteiger partial charge < -0.3 is 28.6 Å². The molecular weight excluding hydrogens is 410 g/mol. The first-order chi connectivity index (χ1) is 15.0. The van der Waals surface area contributed by atoms with Gasteiger partial charge in [-0.3, -0.25) is 4.57 Å². The van der Waals surface area contributed by atoms with Crippen molar-refractivity contribution < 1.29 is 33.3 Å². The zero-order valence-electron chi connectivity index (χ0n) is 18.3. The van der Waals surface area contributed by atoms with Gasteiger partial charge in [-0.1, -0.05) is 13.8 Å². The summed E-state index contributed by atoms with van der Waals surface area (Å²) in [4.78, 5) is 38.0. The second-order valence-corrected chi connectivity index (χ2v) is 6.62. The number of imidazole rings is 1. The molecule has 0 aromatic carbocycles. The summed E-state index contributed by atoms with van der Waals surface area (Å²) in [5, 5.41) is 0. The van der Waals surface area contributed by atoms with Crippen LogP contribution in [0.1, 0.15) is 39.5 Å². The average molecular weight is 439 g/mol. The SMILES string of the molecule is CCCOC(=O)OCCCOC(OC(=O)OCCC)n1cnc2cnc(N(C)C)nc21. The van der Waals surface area contributed by atoms with E-state index in [0.717, 1.165) is 0 Å². The van der Waals surface area contributed by atoms with Crippen LogP contribution in [-0.2, 0) is 23.7 Å². The molecule has 0 aliphatic heterocycles. The van der Waals surface area contributed by atoms with Gasteiger partial charge in [0.05, 0.1) is 32.6 Å². The third kappa shape index (κ3) is 7.55. The van der Waals surface area contributed by atoms with Gasteiger partial charge in [0, 0.05) is 20.5 Å². The van der Waals surface area contributed by atoms with E-state index < -0.39 is 18.7 Å². The standard InChI is InChI=1S/C19H29N5O7/c1-5-8-28-18(25)30-11-7-10-27-17(31-19(26)29-9-6-2)24-13-21-14-12-20-16(23(3)4)22-15(14)24/h12-13,17H,5-11H2,1-4H3. The molecule has 12 nitrogen and oxygen atoms in total. The van der Waals surface area contributed by atoms with Crippen LogP contribution >= 0.6 is 0 Å². The summed E-state index contributed by atoms with van der Waals surface area (Å²) in [6.45, 7) is 4.49. The number of rotatable bonds is 12. The number of anilines is 1. The molecule has 0 saturated heterocycles. The zero-order chi connectivity index (χ0) is 22.6. The molecule has 1 unspecified atom stereocenters. The lowest BCUT2D eigenvalue weighted by atomic mass is 10.5. The Morgan fingerprint density at radius 3 is 2.35 bits per heavy atom. The highest BCUT2D eigenvalue weighted by Gasteiger charge is 2.22. The monoisotopic (exact) mass is 439 g/mol. The van der Waals surface area contributed by atoms with Crippen LogP contribution in [0.15, 0.2) is 12.5 Å². The predicted molar refractivity (Wildman–Crippen MR) is 110 cm³/mol. The van der Waals surface area contributed by atoms with Gasteiger partial charge in [-0.2, -0.15) is 4.98 Å². The molecule has 0 radical (unpaired) electrons. The number of aromatic nitrogens is 4. The predicted octanol–water partition coefficient (Wildman–Crippen LogP) is 2.88. The van der Waals surface area contributed by atoms with Crippen LogP contribution in [0.2, 0.25) is 0 Å². The van der Waals surface area contributed by atoms with Crippen molar-refractivity contribution in [3.05, 3.63) is 12.5 Å². The van der Waals surface area contributed by atoms with E-state index in [0.29, 0.717) is 43.0 Å². The fourth-order valence-electron chi connectivity index (χ4n) is 2.29. The van der Waals surface area contributed by atoms with Crippen LogP contribution in [0.25, 0.3) is 11.2 Å². The topological polar surface area (TPSA) is 127 Å². The number of carbonyl (C=O) groups is 2. The van der Waals surface area contributed by atoms with Gasteiger partial charge >= 0.3 is 12.3 Å². The Balaban J connectivity index is 2.05. The molecule has 0 aliphatic rings. The lowest BCUT2D eigenvalue weighted by Crippen LogP contribution is -2.22. The summed E-state index contributed by atoms with van der Waals surface area (Å²) < 4.78 is 27.2. The summed E-state index contributed by atoms with van der Waals surface area (Å²) in [7, 11) is 3.61. The van der Waals surface area contributed by atoms with Crippen molar-refractivity contribution >= 4 is 29.4 Å². The van der Waals surface area contributed by atoms with Gasteiger partial charge in [-0.05, 0) is 12.8 Å². The highest BCUT2D eigenvalue weighted by molar-refractivity contribution is 5.71. The first-order valence-corrected chi connectivity index (χ1v) is 10.1. The molecule has 0 N–H and O–H groups in total. The Morgan fingerprint density at radius 2 is 1.68 bits per heavy atom. The van der Waals surface area contributed by atoms with E-state index in [1.807, 2.05) is 13.8 Å². The molecule has 0 bridgehead atoms. The largest absolute Gasteiger partial charge is 0.512 e. The van der Waals surface area contributed by atoms with Gasteiger partial charge in [0.15, 0.2) is 5.65 Å². The summed E-state index contributed by atoms with van der Waals surface area (Å²) in [5.41, 5.74) is 0.929. The maximum absolute atomic E-state index is 12.0. The number of carbonyl (C=O) groups excluding carboxylic acids is 2. The summed E-state index contributed by atoms with van der Waals surface area (Å²) in [6, 6.07) is 0. The molecule has 1 atom stereocenters. The number of nitrogens with zero attached hydrogens (tertiary/aromatic N) is 5. The Kier molecular flexibility index (Phi) is 9.75. The number of fused-ring (bicyclic) bond motifs is 1. The Morgan fingerprint density at radius 1 is 1.00 bits per heavy atom. The normalized spacial score (nSPS) is 11.7. The van der Waals surface area contributed by atoms with Crippen LogP contribution in [0, 0.1) is 0 Å². The second kappa shape index (κ2) is 12.5. The minimum absolute atomic E-state index is 0.0904. The maximum Gasteiger partial charge on any atom is 0.512 e. The fraction of sp³-hybridized carbons (Fsp3) is 0.632. The van der Waals surface area contributed by atoms with E-state index in [9.17, 15) is 9.59 Å².